The molecule has 1 N–H and O–H groups in total. The molecule has 6 rings (SSSR count). The van der Waals surface area contributed by atoms with E-state index in [1.54, 1.807) is 0 Å². The predicted molar refractivity (Wildman–Crippen MR) is 118 cm³/mol. The summed E-state index contributed by atoms with van der Waals surface area (Å²) in [5.74, 6) is 3.69. The van der Waals surface area contributed by atoms with Crippen molar-refractivity contribution >= 4 is 5.78 Å². The van der Waals surface area contributed by atoms with Crippen molar-refractivity contribution < 1.29 is 19.4 Å². The third kappa shape index (κ3) is 2.68. The molecule has 2 aliphatic heterocycles. The summed E-state index contributed by atoms with van der Waals surface area (Å²) in [5.41, 5.74) is 0.155. The first kappa shape index (κ1) is 21.1. The standard InChI is InChI=1S/C27H42O4/c1-15-7-10-27(30-14-15)16(2)24-22(31-27)12-21-19-6-5-17-11-18(28)8-9-25(17,3)20(19)13-23(29)26(21,24)4/h15-17,19-24,29H,5-14H2,1-4H3/t15-,16-,17-,19+,20-,21+,22-,23-,24-,25-,26+,27+/m0/s1. The summed E-state index contributed by atoms with van der Waals surface area (Å²) in [7, 11) is 0. The molecule has 12 atom stereocenters. The molecule has 0 aromatic carbocycles. The third-order valence-corrected chi connectivity index (χ3v) is 11.9. The van der Waals surface area contributed by atoms with E-state index in [2.05, 4.69) is 27.7 Å². The first-order valence-corrected chi connectivity index (χ1v) is 13.2. The van der Waals surface area contributed by atoms with Crippen molar-refractivity contribution in [2.75, 3.05) is 6.61 Å². The van der Waals surface area contributed by atoms with Crippen molar-refractivity contribution in [3.63, 3.8) is 0 Å². The van der Waals surface area contributed by atoms with Crippen molar-refractivity contribution in [1.82, 2.24) is 0 Å². The van der Waals surface area contributed by atoms with Gasteiger partial charge in [0.2, 0.25) is 0 Å². The van der Waals surface area contributed by atoms with Crippen LogP contribution in [0.1, 0.15) is 85.5 Å². The van der Waals surface area contributed by atoms with Gasteiger partial charge < -0.3 is 14.6 Å². The molecule has 0 bridgehead atoms. The second kappa shape index (κ2) is 6.79. The molecule has 6 aliphatic rings. The van der Waals surface area contributed by atoms with Crippen LogP contribution in [0.25, 0.3) is 0 Å². The van der Waals surface area contributed by atoms with Crippen LogP contribution in [0.2, 0.25) is 0 Å². The molecule has 31 heavy (non-hydrogen) atoms. The molecule has 0 amide bonds. The molecule has 4 saturated carbocycles. The van der Waals surface area contributed by atoms with Crippen molar-refractivity contribution in [3.05, 3.63) is 0 Å². The second-order valence-corrected chi connectivity index (χ2v) is 13.0. The monoisotopic (exact) mass is 430 g/mol. The van der Waals surface area contributed by atoms with Gasteiger partial charge in [-0.15, -0.1) is 0 Å². The lowest BCUT2D eigenvalue weighted by Gasteiger charge is -2.62. The van der Waals surface area contributed by atoms with E-state index in [1.165, 1.54) is 19.3 Å². The van der Waals surface area contributed by atoms with Gasteiger partial charge in [-0.05, 0) is 73.5 Å². The van der Waals surface area contributed by atoms with Gasteiger partial charge in [0, 0.05) is 36.5 Å². The fraction of sp³-hybridized carbons (Fsp3) is 0.963. The predicted octanol–water partition coefficient (Wildman–Crippen LogP) is 4.97. The minimum absolute atomic E-state index is 0.0745. The minimum Gasteiger partial charge on any atom is -0.393 e. The Morgan fingerprint density at radius 3 is 2.58 bits per heavy atom. The van der Waals surface area contributed by atoms with Crippen LogP contribution in [0.15, 0.2) is 0 Å². The number of Topliss-reactive ketones (excluding diaryl/α,β-unsaturated/α-hetero) is 1. The Bertz CT molecular complexity index is 756. The normalized spacial score (nSPS) is 60.9. The summed E-state index contributed by atoms with van der Waals surface area (Å²) in [6, 6.07) is 0. The van der Waals surface area contributed by atoms with Crippen molar-refractivity contribution in [2.24, 2.45) is 52.3 Å². The van der Waals surface area contributed by atoms with Crippen LogP contribution in [0.5, 0.6) is 0 Å². The van der Waals surface area contributed by atoms with Gasteiger partial charge >= 0.3 is 0 Å². The number of ketones is 1. The van der Waals surface area contributed by atoms with Crippen LogP contribution in [0, 0.1) is 52.3 Å². The molecular weight excluding hydrogens is 388 g/mol. The van der Waals surface area contributed by atoms with E-state index >= 15 is 0 Å². The Balaban J connectivity index is 1.30. The third-order valence-electron chi connectivity index (χ3n) is 11.9. The summed E-state index contributed by atoms with van der Waals surface area (Å²) in [5, 5.41) is 11.8. The molecule has 2 saturated heterocycles. The zero-order valence-electron chi connectivity index (χ0n) is 19.9. The van der Waals surface area contributed by atoms with Crippen LogP contribution in [-0.2, 0) is 14.3 Å². The highest BCUT2D eigenvalue weighted by molar-refractivity contribution is 5.79. The van der Waals surface area contributed by atoms with Crippen molar-refractivity contribution in [2.45, 2.75) is 103 Å². The van der Waals surface area contributed by atoms with E-state index in [1.807, 2.05) is 0 Å². The van der Waals surface area contributed by atoms with E-state index < -0.39 is 5.79 Å². The highest BCUT2D eigenvalue weighted by atomic mass is 16.7. The Morgan fingerprint density at radius 1 is 1.03 bits per heavy atom. The van der Waals surface area contributed by atoms with Gasteiger partial charge in [-0.25, -0.2) is 0 Å². The maximum Gasteiger partial charge on any atom is 0.171 e. The average Bonchev–Trinajstić information content (AvgIpc) is 3.18. The second-order valence-electron chi connectivity index (χ2n) is 13.0. The molecule has 4 nitrogen and oxygen atoms in total. The molecule has 6 fully saturated rings. The fourth-order valence-electron chi connectivity index (χ4n) is 10.0. The summed E-state index contributed by atoms with van der Waals surface area (Å²) in [4.78, 5) is 12.2. The molecule has 0 aromatic heterocycles. The number of aliphatic hydroxyl groups is 1. The lowest BCUT2D eigenvalue weighted by molar-refractivity contribution is -0.274. The number of carbonyl (C=O) groups excluding carboxylic acids is 1. The fourth-order valence-corrected chi connectivity index (χ4v) is 10.0. The van der Waals surface area contributed by atoms with E-state index in [9.17, 15) is 9.90 Å². The maximum atomic E-state index is 12.2. The highest BCUT2D eigenvalue weighted by Crippen LogP contribution is 2.71. The topological polar surface area (TPSA) is 55.8 Å². The Morgan fingerprint density at radius 2 is 1.84 bits per heavy atom. The van der Waals surface area contributed by atoms with Crippen LogP contribution < -0.4 is 0 Å². The van der Waals surface area contributed by atoms with E-state index in [-0.39, 0.29) is 23.0 Å². The van der Waals surface area contributed by atoms with Gasteiger partial charge in [0.1, 0.15) is 5.78 Å². The number of hydrogen-bond donors (Lipinski definition) is 1. The SMILES string of the molecule is C[C@H]1CC[C@@]2(OC1)O[C@H]1C[C@@H]3[C@@H]4CC[C@H]5CC(=O)CC[C@]5(C)[C@H]4C[C@H](O)[C@]3(C)[C@H]1[C@@H]2C. The zero-order chi connectivity index (χ0) is 21.8. The van der Waals surface area contributed by atoms with Gasteiger partial charge in [0.25, 0.3) is 0 Å². The Labute approximate surface area is 187 Å². The zero-order valence-corrected chi connectivity index (χ0v) is 19.9. The maximum absolute atomic E-state index is 12.2. The van der Waals surface area contributed by atoms with Crippen LogP contribution in [-0.4, -0.2) is 35.5 Å². The number of ether oxygens (including phenoxy) is 2. The van der Waals surface area contributed by atoms with Crippen molar-refractivity contribution in [1.29, 1.82) is 0 Å². The molecule has 0 aromatic rings. The van der Waals surface area contributed by atoms with Crippen LogP contribution in [0.4, 0.5) is 0 Å². The molecule has 4 heteroatoms. The van der Waals surface area contributed by atoms with Crippen molar-refractivity contribution in [3.8, 4) is 0 Å². The Kier molecular flexibility index (Phi) is 4.62. The summed E-state index contributed by atoms with van der Waals surface area (Å²) < 4.78 is 13.2. The van der Waals surface area contributed by atoms with Gasteiger partial charge in [0.15, 0.2) is 5.79 Å². The van der Waals surface area contributed by atoms with Gasteiger partial charge in [-0.1, -0.05) is 27.7 Å². The summed E-state index contributed by atoms with van der Waals surface area (Å²) in [6.45, 7) is 10.3. The molecule has 1 spiro atoms. The molecule has 174 valence electrons. The smallest absolute Gasteiger partial charge is 0.171 e. The molecular formula is C27H42O4. The highest BCUT2D eigenvalue weighted by Gasteiger charge is 2.71. The van der Waals surface area contributed by atoms with E-state index in [0.717, 1.165) is 45.1 Å². The lowest BCUT2D eigenvalue weighted by Crippen LogP contribution is -2.59. The van der Waals surface area contributed by atoms with Gasteiger partial charge in [-0.3, -0.25) is 4.79 Å². The van der Waals surface area contributed by atoms with E-state index in [4.69, 9.17) is 9.47 Å². The molecule has 0 radical (unpaired) electrons. The largest absolute Gasteiger partial charge is 0.393 e. The van der Waals surface area contributed by atoms with Crippen LogP contribution >= 0.6 is 0 Å². The molecule has 2 heterocycles. The lowest BCUT2D eigenvalue weighted by atomic mass is 9.43. The first-order chi connectivity index (χ1) is 14.7. The minimum atomic E-state index is -0.417. The number of rotatable bonds is 0. The Hall–Kier alpha value is -0.450. The van der Waals surface area contributed by atoms with Gasteiger partial charge in [0.05, 0.1) is 18.8 Å². The number of aliphatic hydroxyl groups excluding tert-OH is 1. The number of fused-ring (bicyclic) bond motifs is 7. The number of hydrogen-bond acceptors (Lipinski definition) is 4. The molecule has 4 aliphatic carbocycles. The van der Waals surface area contributed by atoms with Gasteiger partial charge in [-0.2, -0.15) is 0 Å². The summed E-state index contributed by atoms with van der Waals surface area (Å²) in [6.07, 6.45) is 9.12. The quantitative estimate of drug-likeness (QED) is 0.589. The first-order valence-electron chi connectivity index (χ1n) is 13.2. The molecule has 0 unspecified atom stereocenters. The van der Waals surface area contributed by atoms with Crippen LogP contribution in [0.3, 0.4) is 0 Å². The average molecular weight is 431 g/mol. The summed E-state index contributed by atoms with van der Waals surface area (Å²) >= 11 is 0. The number of carbonyl (C=O) groups is 1. The van der Waals surface area contributed by atoms with E-state index in [0.29, 0.717) is 47.2 Å².